The van der Waals surface area contributed by atoms with Crippen LogP contribution >= 0.6 is 0 Å². The number of amides is 1. The summed E-state index contributed by atoms with van der Waals surface area (Å²) in [5.74, 6) is 2.02. The monoisotopic (exact) mass is 498 g/mol. The van der Waals surface area contributed by atoms with E-state index in [0.717, 1.165) is 36.2 Å². The number of ether oxygens (including phenoxy) is 2. The fourth-order valence-electron chi connectivity index (χ4n) is 4.65. The molecule has 1 aromatic heterocycles. The summed E-state index contributed by atoms with van der Waals surface area (Å²) in [6.07, 6.45) is 3.56. The molecule has 186 valence electrons. The predicted molar refractivity (Wildman–Crippen MR) is 131 cm³/mol. The summed E-state index contributed by atoms with van der Waals surface area (Å²) in [6, 6.07) is 10.7. The van der Waals surface area contributed by atoms with Crippen molar-refractivity contribution in [3.63, 3.8) is 0 Å². The van der Waals surface area contributed by atoms with Crippen LogP contribution in [0.15, 0.2) is 41.3 Å². The molecule has 10 heteroatoms. The minimum atomic E-state index is -3.52. The third-order valence-corrected chi connectivity index (χ3v) is 8.49. The van der Waals surface area contributed by atoms with Gasteiger partial charge in [-0.2, -0.15) is 4.31 Å². The number of sulfonamides is 1. The fourth-order valence-corrected chi connectivity index (χ4v) is 6.19. The Hall–Kier alpha value is -3.11. The summed E-state index contributed by atoms with van der Waals surface area (Å²) in [6.45, 7) is 2.49. The van der Waals surface area contributed by atoms with Crippen molar-refractivity contribution in [3.05, 3.63) is 47.8 Å². The first-order chi connectivity index (χ1) is 16.9. The maximum absolute atomic E-state index is 13.0. The first-order valence-electron chi connectivity index (χ1n) is 12.0. The second kappa shape index (κ2) is 9.87. The molecule has 35 heavy (non-hydrogen) atoms. The maximum Gasteiger partial charge on any atom is 0.243 e. The molecule has 3 aromatic rings. The molecule has 0 aliphatic carbocycles. The third kappa shape index (κ3) is 4.85. The smallest absolute Gasteiger partial charge is 0.243 e. The van der Waals surface area contributed by atoms with E-state index < -0.39 is 10.0 Å². The van der Waals surface area contributed by atoms with Crippen molar-refractivity contribution in [1.29, 1.82) is 0 Å². The molecular weight excluding hydrogens is 468 g/mol. The van der Waals surface area contributed by atoms with Crippen LogP contribution in [-0.4, -0.2) is 54.5 Å². The molecule has 0 spiro atoms. The lowest BCUT2D eigenvalue weighted by molar-refractivity contribution is -0.121. The van der Waals surface area contributed by atoms with Gasteiger partial charge in [0.1, 0.15) is 19.0 Å². The lowest BCUT2D eigenvalue weighted by atomic mass is 10.1. The van der Waals surface area contributed by atoms with Crippen LogP contribution < -0.4 is 14.8 Å². The number of hydrogen-bond acceptors (Lipinski definition) is 6. The van der Waals surface area contributed by atoms with Gasteiger partial charge in [-0.3, -0.25) is 4.79 Å². The number of benzene rings is 2. The summed E-state index contributed by atoms with van der Waals surface area (Å²) in [5, 5.41) is 2.94. The van der Waals surface area contributed by atoms with Crippen LogP contribution in [0, 0.1) is 0 Å². The molecule has 2 aliphatic heterocycles. The van der Waals surface area contributed by atoms with E-state index >= 15 is 0 Å². The molecule has 1 N–H and O–H groups in total. The van der Waals surface area contributed by atoms with Gasteiger partial charge in [0.25, 0.3) is 0 Å². The van der Waals surface area contributed by atoms with Crippen molar-refractivity contribution in [2.45, 2.75) is 43.5 Å². The number of nitrogens with zero attached hydrogens (tertiary/aromatic N) is 3. The van der Waals surface area contributed by atoms with E-state index in [-0.39, 0.29) is 17.2 Å². The molecule has 1 amide bonds. The molecule has 0 saturated carbocycles. The Morgan fingerprint density at radius 3 is 2.71 bits per heavy atom. The maximum atomic E-state index is 13.0. The van der Waals surface area contributed by atoms with Crippen molar-refractivity contribution in [2.24, 2.45) is 7.05 Å². The van der Waals surface area contributed by atoms with Gasteiger partial charge in [-0.05, 0) is 37.1 Å². The molecule has 3 heterocycles. The van der Waals surface area contributed by atoms with Gasteiger partial charge >= 0.3 is 0 Å². The summed E-state index contributed by atoms with van der Waals surface area (Å²) in [5.41, 5.74) is 2.33. The quantitative estimate of drug-likeness (QED) is 0.537. The molecule has 0 bridgehead atoms. The first-order valence-corrected chi connectivity index (χ1v) is 13.5. The average Bonchev–Trinajstić information content (AvgIpc) is 3.21. The topological polar surface area (TPSA) is 103 Å². The molecule has 0 unspecified atom stereocenters. The SMILES string of the molecule is Cn1c(CCC(=O)NCc2cccc3c2OCCO3)nc2cc(S(=O)(=O)N3CCCCC3)ccc21. The number of para-hydroxylation sites is 1. The molecule has 0 atom stereocenters. The van der Waals surface area contributed by atoms with Crippen LogP contribution in [-0.2, 0) is 34.8 Å². The second-order valence-electron chi connectivity index (χ2n) is 8.92. The number of carbonyl (C=O) groups is 1. The van der Waals surface area contributed by atoms with E-state index in [2.05, 4.69) is 10.3 Å². The van der Waals surface area contributed by atoms with Crippen LogP contribution in [0.1, 0.15) is 37.1 Å². The van der Waals surface area contributed by atoms with E-state index in [4.69, 9.17) is 9.47 Å². The first kappa shape index (κ1) is 23.6. The number of imidazole rings is 1. The van der Waals surface area contributed by atoms with Crippen LogP contribution in [0.2, 0.25) is 0 Å². The van der Waals surface area contributed by atoms with Crippen LogP contribution in [0.25, 0.3) is 11.0 Å². The van der Waals surface area contributed by atoms with Crippen molar-refractivity contribution in [3.8, 4) is 11.5 Å². The van der Waals surface area contributed by atoms with Gasteiger partial charge in [-0.15, -0.1) is 0 Å². The number of aromatic nitrogens is 2. The van der Waals surface area contributed by atoms with E-state index in [0.29, 0.717) is 56.3 Å². The van der Waals surface area contributed by atoms with E-state index in [1.54, 1.807) is 22.5 Å². The lowest BCUT2D eigenvalue weighted by Crippen LogP contribution is -2.35. The highest BCUT2D eigenvalue weighted by Crippen LogP contribution is 2.33. The van der Waals surface area contributed by atoms with E-state index in [9.17, 15) is 13.2 Å². The van der Waals surface area contributed by atoms with E-state index in [1.165, 1.54) is 0 Å². The van der Waals surface area contributed by atoms with Gasteiger partial charge in [0.15, 0.2) is 11.5 Å². The number of nitrogens with one attached hydrogen (secondary N) is 1. The zero-order chi connectivity index (χ0) is 24.4. The van der Waals surface area contributed by atoms with Crippen LogP contribution in [0.3, 0.4) is 0 Å². The molecule has 1 saturated heterocycles. The highest BCUT2D eigenvalue weighted by atomic mass is 32.2. The normalized spacial score (nSPS) is 16.4. The van der Waals surface area contributed by atoms with Crippen molar-refractivity contribution in [1.82, 2.24) is 19.2 Å². The minimum absolute atomic E-state index is 0.0975. The number of piperidine rings is 1. The standard InChI is InChI=1S/C25H30N4O5S/c1-28-21-9-8-19(35(31,32)29-12-3-2-4-13-29)16-20(21)27-23(28)10-11-24(30)26-17-18-6-5-7-22-25(18)34-15-14-33-22/h5-9,16H,2-4,10-15,17H2,1H3,(H,26,30). The second-order valence-corrected chi connectivity index (χ2v) is 10.9. The number of rotatable bonds is 7. The number of hydrogen-bond donors (Lipinski definition) is 1. The minimum Gasteiger partial charge on any atom is -0.486 e. The lowest BCUT2D eigenvalue weighted by Gasteiger charge is -2.25. The van der Waals surface area contributed by atoms with Crippen LogP contribution in [0.5, 0.6) is 11.5 Å². The Bertz CT molecular complexity index is 1350. The van der Waals surface area contributed by atoms with Gasteiger partial charge in [0.2, 0.25) is 15.9 Å². The Balaban J connectivity index is 1.24. The van der Waals surface area contributed by atoms with Crippen molar-refractivity contribution >= 4 is 27.0 Å². The molecule has 0 radical (unpaired) electrons. The summed E-state index contributed by atoms with van der Waals surface area (Å²) in [4.78, 5) is 17.5. The number of aryl methyl sites for hydroxylation is 2. The number of fused-ring (bicyclic) bond motifs is 2. The van der Waals surface area contributed by atoms with Crippen LogP contribution in [0.4, 0.5) is 0 Å². The van der Waals surface area contributed by atoms with Gasteiger partial charge < -0.3 is 19.4 Å². The Morgan fingerprint density at radius 1 is 1.09 bits per heavy atom. The zero-order valence-corrected chi connectivity index (χ0v) is 20.6. The largest absolute Gasteiger partial charge is 0.486 e. The molecule has 2 aliphatic rings. The number of carbonyl (C=O) groups excluding carboxylic acids is 1. The third-order valence-electron chi connectivity index (χ3n) is 6.60. The van der Waals surface area contributed by atoms with Gasteiger partial charge in [-0.25, -0.2) is 13.4 Å². The summed E-state index contributed by atoms with van der Waals surface area (Å²) >= 11 is 0. The van der Waals surface area contributed by atoms with E-state index in [1.807, 2.05) is 29.8 Å². The molecule has 5 rings (SSSR count). The Morgan fingerprint density at radius 2 is 1.89 bits per heavy atom. The summed E-state index contributed by atoms with van der Waals surface area (Å²) in [7, 11) is -1.64. The highest BCUT2D eigenvalue weighted by Gasteiger charge is 2.26. The summed E-state index contributed by atoms with van der Waals surface area (Å²) < 4.78 is 40.8. The van der Waals surface area contributed by atoms with Crippen molar-refractivity contribution in [2.75, 3.05) is 26.3 Å². The molecule has 9 nitrogen and oxygen atoms in total. The molecule has 1 fully saturated rings. The fraction of sp³-hybridized carbons (Fsp3) is 0.440. The molecule has 2 aromatic carbocycles. The predicted octanol–water partition coefficient (Wildman–Crippen LogP) is 2.77. The van der Waals surface area contributed by atoms with Crippen molar-refractivity contribution < 1.29 is 22.7 Å². The van der Waals surface area contributed by atoms with Gasteiger partial charge in [-0.1, -0.05) is 18.6 Å². The van der Waals surface area contributed by atoms with Gasteiger partial charge in [0, 0.05) is 45.1 Å². The Labute approximate surface area is 205 Å². The Kier molecular flexibility index (Phi) is 6.66. The molecular formula is C25H30N4O5S. The highest BCUT2D eigenvalue weighted by molar-refractivity contribution is 7.89. The zero-order valence-electron chi connectivity index (χ0n) is 19.8. The average molecular weight is 499 g/mol. The van der Waals surface area contributed by atoms with Gasteiger partial charge in [0.05, 0.1) is 15.9 Å².